The lowest BCUT2D eigenvalue weighted by Gasteiger charge is -2.25. The first kappa shape index (κ1) is 22.8. The lowest BCUT2D eigenvalue weighted by Crippen LogP contribution is -2.29. The molecular weight excluding hydrogens is 434 g/mol. The zero-order chi connectivity index (χ0) is 23.9. The Morgan fingerprint density at radius 1 is 0.970 bits per heavy atom. The highest BCUT2D eigenvalue weighted by Gasteiger charge is 2.48. The summed E-state index contributed by atoms with van der Waals surface area (Å²) in [6.07, 6.45) is 0. The molecule has 0 aliphatic carbocycles. The first-order valence-corrected chi connectivity index (χ1v) is 11.8. The van der Waals surface area contributed by atoms with Gasteiger partial charge in [0, 0.05) is 16.1 Å². The van der Waals surface area contributed by atoms with Crippen LogP contribution in [0.15, 0.2) is 53.4 Å². The van der Waals surface area contributed by atoms with Crippen molar-refractivity contribution < 1.29 is 19.4 Å². The number of carbonyl (C=O) groups excluding carboxylic acids is 2. The molecule has 4 rings (SSSR count). The van der Waals surface area contributed by atoms with Crippen LogP contribution in [0.2, 0.25) is 0 Å². The van der Waals surface area contributed by atoms with Crippen molar-refractivity contribution in [3.05, 3.63) is 86.1 Å². The maximum Gasteiger partial charge on any atom is 0.300 e. The molecule has 170 valence electrons. The molecule has 1 N–H and O–H groups in total. The van der Waals surface area contributed by atoms with E-state index >= 15 is 0 Å². The number of thiophene rings is 1. The molecule has 2 heterocycles. The van der Waals surface area contributed by atoms with E-state index in [1.165, 1.54) is 16.2 Å². The van der Waals surface area contributed by atoms with Crippen LogP contribution in [0.5, 0.6) is 5.75 Å². The molecule has 5 nitrogen and oxygen atoms in total. The summed E-state index contributed by atoms with van der Waals surface area (Å²) in [6.45, 7) is 10.3. The number of ketones is 1. The zero-order valence-electron chi connectivity index (χ0n) is 19.4. The number of anilines is 1. The Hall–Kier alpha value is -3.38. The van der Waals surface area contributed by atoms with Crippen LogP contribution in [-0.2, 0) is 9.59 Å². The van der Waals surface area contributed by atoms with Gasteiger partial charge in [0.25, 0.3) is 11.7 Å². The number of ether oxygens (including phenoxy) is 1. The first-order chi connectivity index (χ1) is 15.7. The fourth-order valence-corrected chi connectivity index (χ4v) is 5.18. The zero-order valence-corrected chi connectivity index (χ0v) is 20.2. The maximum absolute atomic E-state index is 13.3. The Bertz CT molecular complexity index is 1290. The highest BCUT2D eigenvalue weighted by molar-refractivity contribution is 7.10. The molecule has 1 amide bonds. The van der Waals surface area contributed by atoms with Crippen LogP contribution in [-0.4, -0.2) is 23.4 Å². The summed E-state index contributed by atoms with van der Waals surface area (Å²) in [5, 5.41) is 13.3. The molecule has 0 saturated carbocycles. The van der Waals surface area contributed by atoms with Crippen molar-refractivity contribution in [3.63, 3.8) is 0 Å². The van der Waals surface area contributed by atoms with Gasteiger partial charge < -0.3 is 9.84 Å². The molecule has 3 aromatic rings. The average molecular weight is 462 g/mol. The van der Waals surface area contributed by atoms with Crippen molar-refractivity contribution in [3.8, 4) is 5.75 Å². The molecule has 1 aliphatic heterocycles. The molecule has 33 heavy (non-hydrogen) atoms. The van der Waals surface area contributed by atoms with Gasteiger partial charge in [0.05, 0.1) is 12.2 Å². The van der Waals surface area contributed by atoms with E-state index in [0.717, 1.165) is 32.9 Å². The van der Waals surface area contributed by atoms with E-state index in [1.54, 1.807) is 18.2 Å². The van der Waals surface area contributed by atoms with Crippen LogP contribution in [0.3, 0.4) is 0 Å². The normalized spacial score (nSPS) is 17.6. The number of aryl methyl sites for hydroxylation is 4. The van der Waals surface area contributed by atoms with E-state index in [2.05, 4.69) is 0 Å². The summed E-state index contributed by atoms with van der Waals surface area (Å²) in [5.41, 5.74) is 5.16. The second-order valence-electron chi connectivity index (χ2n) is 8.32. The minimum atomic E-state index is -0.695. The molecule has 0 radical (unpaired) electrons. The van der Waals surface area contributed by atoms with Crippen molar-refractivity contribution in [1.29, 1.82) is 0 Å². The smallest absolute Gasteiger partial charge is 0.300 e. The van der Waals surface area contributed by atoms with E-state index < -0.39 is 17.7 Å². The van der Waals surface area contributed by atoms with Crippen LogP contribution >= 0.6 is 11.3 Å². The Balaban J connectivity index is 1.92. The minimum absolute atomic E-state index is 0.104. The molecule has 1 aliphatic rings. The number of aliphatic hydroxyl groups excluding tert-OH is 1. The number of amides is 1. The van der Waals surface area contributed by atoms with Crippen LogP contribution in [0.1, 0.15) is 45.7 Å². The van der Waals surface area contributed by atoms with Crippen LogP contribution in [0, 0.1) is 27.7 Å². The summed E-state index contributed by atoms with van der Waals surface area (Å²) >= 11 is 1.47. The molecule has 1 saturated heterocycles. The van der Waals surface area contributed by atoms with E-state index in [9.17, 15) is 14.7 Å². The monoisotopic (exact) mass is 461 g/mol. The Kier molecular flexibility index (Phi) is 6.13. The number of nitrogens with zero attached hydrogens (tertiary/aromatic N) is 1. The highest BCUT2D eigenvalue weighted by atomic mass is 32.1. The number of hydrogen-bond donors (Lipinski definition) is 1. The van der Waals surface area contributed by atoms with E-state index in [4.69, 9.17) is 4.74 Å². The highest BCUT2D eigenvalue weighted by Crippen LogP contribution is 2.45. The molecule has 1 unspecified atom stereocenters. The minimum Gasteiger partial charge on any atom is -0.507 e. The van der Waals surface area contributed by atoms with Gasteiger partial charge in [0.1, 0.15) is 17.6 Å². The quantitative estimate of drug-likeness (QED) is 0.287. The predicted molar refractivity (Wildman–Crippen MR) is 132 cm³/mol. The van der Waals surface area contributed by atoms with Crippen LogP contribution in [0.4, 0.5) is 5.69 Å². The molecule has 0 bridgehead atoms. The van der Waals surface area contributed by atoms with Gasteiger partial charge in [0.2, 0.25) is 0 Å². The second-order valence-corrected chi connectivity index (χ2v) is 9.27. The lowest BCUT2D eigenvalue weighted by molar-refractivity contribution is -0.132. The number of rotatable bonds is 5. The first-order valence-electron chi connectivity index (χ1n) is 10.9. The van der Waals surface area contributed by atoms with Crippen molar-refractivity contribution in [2.24, 2.45) is 0 Å². The summed E-state index contributed by atoms with van der Waals surface area (Å²) in [6, 6.07) is 12.2. The van der Waals surface area contributed by atoms with Gasteiger partial charge >= 0.3 is 0 Å². The summed E-state index contributed by atoms with van der Waals surface area (Å²) in [4.78, 5) is 29.0. The van der Waals surface area contributed by atoms with Crippen LogP contribution < -0.4 is 9.64 Å². The van der Waals surface area contributed by atoms with Crippen molar-refractivity contribution in [1.82, 2.24) is 0 Å². The molecule has 2 aromatic carbocycles. The average Bonchev–Trinajstić information content (AvgIpc) is 3.32. The van der Waals surface area contributed by atoms with Crippen molar-refractivity contribution >= 4 is 34.5 Å². The standard InChI is InChI=1S/C27H27NO4S/c1-6-32-21-10-8-19(13-18(21)5)24(29)22-23(26-16(3)11-12-33-26)28(27(31)25(22)30)20-9-7-15(2)17(4)14-20/h7-14,23,29H,6H2,1-5H3/b24-22-. The maximum atomic E-state index is 13.3. The number of Topliss-reactive ketones (excluding diaryl/α,β-unsaturated/α-hetero) is 1. The SMILES string of the molecule is CCOc1ccc(/C(O)=C2/C(=O)C(=O)N(c3ccc(C)c(C)c3)C2c2sccc2C)cc1C. The van der Waals surface area contributed by atoms with Gasteiger partial charge in [-0.3, -0.25) is 14.5 Å². The van der Waals surface area contributed by atoms with Gasteiger partial charge in [-0.25, -0.2) is 0 Å². The van der Waals surface area contributed by atoms with Crippen LogP contribution in [0.25, 0.3) is 5.76 Å². The van der Waals surface area contributed by atoms with E-state index in [1.807, 2.05) is 64.3 Å². The largest absolute Gasteiger partial charge is 0.507 e. The molecule has 1 atom stereocenters. The predicted octanol–water partition coefficient (Wildman–Crippen LogP) is 6.01. The van der Waals surface area contributed by atoms with Gasteiger partial charge in [-0.1, -0.05) is 6.07 Å². The number of aliphatic hydroxyl groups is 1. The third-order valence-electron chi connectivity index (χ3n) is 6.11. The number of carbonyl (C=O) groups is 2. The summed E-state index contributed by atoms with van der Waals surface area (Å²) < 4.78 is 5.60. The molecule has 1 fully saturated rings. The third-order valence-corrected chi connectivity index (χ3v) is 7.18. The molecule has 6 heteroatoms. The van der Waals surface area contributed by atoms with Crippen molar-refractivity contribution in [2.45, 2.75) is 40.7 Å². The van der Waals surface area contributed by atoms with Crippen molar-refractivity contribution in [2.75, 3.05) is 11.5 Å². The summed E-state index contributed by atoms with van der Waals surface area (Å²) in [7, 11) is 0. The van der Waals surface area contributed by atoms with E-state index in [-0.39, 0.29) is 11.3 Å². The number of benzene rings is 2. The van der Waals surface area contributed by atoms with Gasteiger partial charge in [-0.15, -0.1) is 11.3 Å². The lowest BCUT2D eigenvalue weighted by atomic mass is 9.97. The Labute approximate surface area is 197 Å². The molecular formula is C27H27NO4S. The fourth-order valence-electron chi connectivity index (χ4n) is 4.16. The summed E-state index contributed by atoms with van der Waals surface area (Å²) in [5.74, 6) is -0.783. The Morgan fingerprint density at radius 2 is 1.73 bits per heavy atom. The van der Waals surface area contributed by atoms with E-state index in [0.29, 0.717) is 17.9 Å². The fraction of sp³-hybridized carbons (Fsp3) is 0.259. The second kappa shape index (κ2) is 8.87. The van der Waals surface area contributed by atoms with Gasteiger partial charge in [0.15, 0.2) is 0 Å². The number of hydrogen-bond acceptors (Lipinski definition) is 5. The van der Waals surface area contributed by atoms with Gasteiger partial charge in [-0.05, 0) is 98.7 Å². The molecule has 0 spiro atoms. The Morgan fingerprint density at radius 3 is 2.33 bits per heavy atom. The molecule has 1 aromatic heterocycles. The topological polar surface area (TPSA) is 66.8 Å². The third kappa shape index (κ3) is 3.95. The van der Waals surface area contributed by atoms with Gasteiger partial charge in [-0.2, -0.15) is 0 Å².